The number of nitrogens with zero attached hydrogens (tertiary/aromatic N) is 2. The maximum Gasteiger partial charge on any atom is 0.258 e. The summed E-state index contributed by atoms with van der Waals surface area (Å²) in [6.07, 6.45) is 4.48. The minimum atomic E-state index is -0.667. The molecule has 0 aliphatic rings. The lowest BCUT2D eigenvalue weighted by atomic mass is 10.1. The molecule has 0 saturated heterocycles. The smallest absolute Gasteiger partial charge is 0.258 e. The van der Waals surface area contributed by atoms with Crippen LogP contribution in [0.25, 0.3) is 0 Å². The highest BCUT2D eigenvalue weighted by atomic mass is 19.1. The SMILES string of the molecule is O=C(Nc1cncnc1)c1ccc(C#CCCO)cc1F. The molecule has 0 saturated carbocycles. The molecule has 1 aromatic carbocycles. The summed E-state index contributed by atoms with van der Waals surface area (Å²) in [6.45, 7) is -0.0465. The molecule has 106 valence electrons. The summed E-state index contributed by atoms with van der Waals surface area (Å²) < 4.78 is 13.9. The van der Waals surface area contributed by atoms with Gasteiger partial charge in [-0.3, -0.25) is 4.79 Å². The van der Waals surface area contributed by atoms with Crippen LogP contribution in [0.15, 0.2) is 36.9 Å². The van der Waals surface area contributed by atoms with Crippen molar-refractivity contribution >= 4 is 11.6 Å². The number of anilines is 1. The van der Waals surface area contributed by atoms with Gasteiger partial charge in [-0.1, -0.05) is 11.8 Å². The van der Waals surface area contributed by atoms with E-state index < -0.39 is 11.7 Å². The van der Waals surface area contributed by atoms with E-state index in [9.17, 15) is 9.18 Å². The first-order chi connectivity index (χ1) is 10.2. The normalized spacial score (nSPS) is 9.62. The Morgan fingerprint density at radius 3 is 2.76 bits per heavy atom. The number of hydrogen-bond donors (Lipinski definition) is 2. The Kier molecular flexibility index (Phi) is 4.96. The van der Waals surface area contributed by atoms with E-state index in [1.54, 1.807) is 6.07 Å². The zero-order valence-electron chi connectivity index (χ0n) is 11.0. The second-order valence-corrected chi connectivity index (χ2v) is 4.05. The Morgan fingerprint density at radius 2 is 2.10 bits per heavy atom. The molecule has 6 heteroatoms. The van der Waals surface area contributed by atoms with Gasteiger partial charge < -0.3 is 10.4 Å². The standard InChI is InChI=1S/C15H12FN3O2/c16-14-7-11(3-1-2-6-20)4-5-13(14)15(21)19-12-8-17-10-18-9-12/h4-5,7-10,20H,2,6H2,(H,19,21). The first-order valence-electron chi connectivity index (χ1n) is 6.16. The number of carbonyl (C=O) groups excluding carboxylic acids is 1. The average Bonchev–Trinajstić information content (AvgIpc) is 2.48. The van der Waals surface area contributed by atoms with Crippen LogP contribution in [0.5, 0.6) is 0 Å². The van der Waals surface area contributed by atoms with Crippen molar-refractivity contribution in [3.8, 4) is 11.8 Å². The second kappa shape index (κ2) is 7.12. The summed E-state index contributed by atoms with van der Waals surface area (Å²) in [7, 11) is 0. The second-order valence-electron chi connectivity index (χ2n) is 4.05. The Hall–Kier alpha value is -2.78. The third kappa shape index (κ3) is 4.09. The van der Waals surface area contributed by atoms with Crippen LogP contribution in [-0.2, 0) is 0 Å². The zero-order valence-corrected chi connectivity index (χ0v) is 11.0. The predicted octanol–water partition coefficient (Wildman–Crippen LogP) is 1.60. The number of carbonyl (C=O) groups is 1. The van der Waals surface area contributed by atoms with E-state index in [1.807, 2.05) is 0 Å². The molecule has 0 unspecified atom stereocenters. The summed E-state index contributed by atoms with van der Waals surface area (Å²) in [6, 6.07) is 4.09. The predicted molar refractivity (Wildman–Crippen MR) is 75.0 cm³/mol. The molecule has 0 spiro atoms. The third-order valence-corrected chi connectivity index (χ3v) is 2.50. The zero-order chi connectivity index (χ0) is 15.1. The van der Waals surface area contributed by atoms with Gasteiger partial charge >= 0.3 is 0 Å². The van der Waals surface area contributed by atoms with Gasteiger partial charge in [0.05, 0.1) is 30.3 Å². The van der Waals surface area contributed by atoms with Gasteiger partial charge in [-0.15, -0.1) is 0 Å². The minimum absolute atomic E-state index is 0.0465. The molecule has 0 aliphatic carbocycles. The van der Waals surface area contributed by atoms with Crippen LogP contribution < -0.4 is 5.32 Å². The number of benzene rings is 1. The number of aliphatic hydroxyl groups is 1. The van der Waals surface area contributed by atoms with E-state index in [2.05, 4.69) is 27.1 Å². The van der Waals surface area contributed by atoms with Crippen molar-refractivity contribution in [2.45, 2.75) is 6.42 Å². The molecule has 0 bridgehead atoms. The number of amides is 1. The number of aromatic nitrogens is 2. The van der Waals surface area contributed by atoms with E-state index in [0.717, 1.165) is 0 Å². The van der Waals surface area contributed by atoms with Crippen LogP contribution >= 0.6 is 0 Å². The highest BCUT2D eigenvalue weighted by Crippen LogP contribution is 2.12. The molecule has 2 N–H and O–H groups in total. The van der Waals surface area contributed by atoms with Crippen LogP contribution in [0.3, 0.4) is 0 Å². The molecule has 1 heterocycles. The van der Waals surface area contributed by atoms with Gasteiger partial charge in [-0.25, -0.2) is 14.4 Å². The lowest BCUT2D eigenvalue weighted by Gasteiger charge is -2.05. The molecular weight excluding hydrogens is 273 g/mol. The van der Waals surface area contributed by atoms with Crippen LogP contribution in [0, 0.1) is 17.7 Å². The maximum atomic E-state index is 13.9. The third-order valence-electron chi connectivity index (χ3n) is 2.50. The first-order valence-corrected chi connectivity index (χ1v) is 6.16. The Bertz CT molecular complexity index is 693. The van der Waals surface area contributed by atoms with E-state index in [0.29, 0.717) is 17.7 Å². The van der Waals surface area contributed by atoms with E-state index in [4.69, 9.17) is 5.11 Å². The highest BCUT2D eigenvalue weighted by Gasteiger charge is 2.12. The molecule has 0 radical (unpaired) electrons. The summed E-state index contributed by atoms with van der Waals surface area (Å²) in [4.78, 5) is 19.4. The molecule has 1 aromatic heterocycles. The van der Waals surface area contributed by atoms with Crippen molar-refractivity contribution in [2.24, 2.45) is 0 Å². The van der Waals surface area contributed by atoms with Gasteiger partial charge in [0.2, 0.25) is 0 Å². The molecule has 21 heavy (non-hydrogen) atoms. The molecule has 1 amide bonds. The Labute approximate surface area is 120 Å². The van der Waals surface area contributed by atoms with E-state index in [1.165, 1.54) is 30.9 Å². The van der Waals surface area contributed by atoms with Gasteiger partial charge in [0.1, 0.15) is 12.1 Å². The fourth-order valence-corrected chi connectivity index (χ4v) is 1.56. The van der Waals surface area contributed by atoms with Crippen LogP contribution in [0.2, 0.25) is 0 Å². The monoisotopic (exact) mass is 285 g/mol. The summed E-state index contributed by atoms with van der Waals surface area (Å²) >= 11 is 0. The molecule has 2 rings (SSSR count). The largest absolute Gasteiger partial charge is 0.395 e. The first kappa shape index (κ1) is 14.6. The Morgan fingerprint density at radius 1 is 1.33 bits per heavy atom. The number of nitrogens with one attached hydrogen (secondary N) is 1. The molecule has 2 aromatic rings. The minimum Gasteiger partial charge on any atom is -0.395 e. The fraction of sp³-hybridized carbons (Fsp3) is 0.133. The van der Waals surface area contributed by atoms with Crippen molar-refractivity contribution in [1.82, 2.24) is 9.97 Å². The van der Waals surface area contributed by atoms with Crippen LogP contribution in [-0.4, -0.2) is 27.6 Å². The number of aliphatic hydroxyl groups excluding tert-OH is 1. The lowest BCUT2D eigenvalue weighted by molar-refractivity contribution is 0.102. The van der Waals surface area contributed by atoms with Crippen molar-refractivity contribution in [1.29, 1.82) is 0 Å². The average molecular weight is 285 g/mol. The molecular formula is C15H12FN3O2. The summed E-state index contributed by atoms with van der Waals surface area (Å²) in [5.41, 5.74) is 0.737. The molecule has 0 atom stereocenters. The van der Waals surface area contributed by atoms with Crippen molar-refractivity contribution < 1.29 is 14.3 Å². The Balaban J connectivity index is 2.14. The van der Waals surface area contributed by atoms with Crippen molar-refractivity contribution in [3.63, 3.8) is 0 Å². The highest BCUT2D eigenvalue weighted by molar-refractivity contribution is 6.04. The number of hydrogen-bond acceptors (Lipinski definition) is 4. The summed E-state index contributed by atoms with van der Waals surface area (Å²) in [5, 5.41) is 11.1. The maximum absolute atomic E-state index is 13.9. The van der Waals surface area contributed by atoms with Crippen molar-refractivity contribution in [3.05, 3.63) is 53.9 Å². The molecule has 0 aliphatic heterocycles. The van der Waals surface area contributed by atoms with E-state index >= 15 is 0 Å². The van der Waals surface area contributed by atoms with Crippen LogP contribution in [0.1, 0.15) is 22.3 Å². The van der Waals surface area contributed by atoms with Gasteiger partial charge in [0.15, 0.2) is 0 Å². The fourth-order valence-electron chi connectivity index (χ4n) is 1.56. The quantitative estimate of drug-likeness (QED) is 0.840. The molecule has 5 nitrogen and oxygen atoms in total. The van der Waals surface area contributed by atoms with E-state index in [-0.39, 0.29) is 12.2 Å². The molecule has 0 fully saturated rings. The van der Waals surface area contributed by atoms with Gasteiger partial charge in [-0.2, -0.15) is 0 Å². The number of halogens is 1. The summed E-state index contributed by atoms with van der Waals surface area (Å²) in [5.74, 6) is 4.13. The van der Waals surface area contributed by atoms with Gasteiger partial charge in [0.25, 0.3) is 5.91 Å². The van der Waals surface area contributed by atoms with Crippen LogP contribution in [0.4, 0.5) is 10.1 Å². The van der Waals surface area contributed by atoms with Crippen molar-refractivity contribution in [2.75, 3.05) is 11.9 Å². The number of rotatable bonds is 3. The van der Waals surface area contributed by atoms with Gasteiger partial charge in [0, 0.05) is 12.0 Å². The van der Waals surface area contributed by atoms with Gasteiger partial charge in [-0.05, 0) is 18.2 Å². The topological polar surface area (TPSA) is 75.1 Å². The lowest BCUT2D eigenvalue weighted by Crippen LogP contribution is -2.14.